The second-order valence-electron chi connectivity index (χ2n) is 3.38. The van der Waals surface area contributed by atoms with Gasteiger partial charge in [0.05, 0.1) is 11.7 Å². The van der Waals surface area contributed by atoms with Gasteiger partial charge in [0.1, 0.15) is 0 Å². The highest BCUT2D eigenvalue weighted by Crippen LogP contribution is 2.31. The lowest BCUT2D eigenvalue weighted by Crippen LogP contribution is -2.34. The molecule has 0 saturated carbocycles. The van der Waals surface area contributed by atoms with Gasteiger partial charge in [0.15, 0.2) is 0 Å². The Hall–Kier alpha value is -0.850. The molecule has 102 valence electrons. The summed E-state index contributed by atoms with van der Waals surface area (Å²) in [7, 11) is 0. The number of benzene rings is 1. The molecule has 3 nitrogen and oxygen atoms in total. The van der Waals surface area contributed by atoms with E-state index in [1.165, 1.54) is 6.07 Å². The van der Waals surface area contributed by atoms with Crippen molar-refractivity contribution < 1.29 is 13.6 Å². The predicted octanol–water partition coefficient (Wildman–Crippen LogP) is 3.10. The smallest absolute Gasteiger partial charge is 0.288 e. The number of carbonyl (C=O) groups is 1. The minimum absolute atomic E-state index is 0. The number of nitrogens with one attached hydrogen (secondary N) is 1. The Morgan fingerprint density at radius 3 is 2.61 bits per heavy atom. The molecule has 0 aromatic heterocycles. The molecular weight excluding hydrogens is 282 g/mol. The second-order valence-corrected chi connectivity index (χ2v) is 4.41. The van der Waals surface area contributed by atoms with Crippen LogP contribution in [0.25, 0.3) is 0 Å². The fraction of sp³-hybridized carbons (Fsp3) is 0.364. The summed E-state index contributed by atoms with van der Waals surface area (Å²) >= 11 is 0.397. The lowest BCUT2D eigenvalue weighted by Gasteiger charge is -2.13. The minimum Gasteiger partial charge on any atom is -0.324 e. The Balaban J connectivity index is 0.00000289. The Kier molecular flexibility index (Phi) is 7.90. The van der Waals surface area contributed by atoms with Crippen LogP contribution in [0.3, 0.4) is 0 Å². The molecule has 0 aliphatic heterocycles. The molecule has 18 heavy (non-hydrogen) atoms. The number of rotatable bonds is 5. The van der Waals surface area contributed by atoms with Crippen LogP contribution >= 0.6 is 24.2 Å². The van der Waals surface area contributed by atoms with E-state index < -0.39 is 11.8 Å². The first-order chi connectivity index (χ1) is 8.04. The van der Waals surface area contributed by atoms with Gasteiger partial charge in [-0.1, -0.05) is 30.8 Å². The van der Waals surface area contributed by atoms with Gasteiger partial charge in [-0.2, -0.15) is 8.78 Å². The van der Waals surface area contributed by atoms with Crippen molar-refractivity contribution in [3.05, 3.63) is 24.3 Å². The minimum atomic E-state index is -2.52. The summed E-state index contributed by atoms with van der Waals surface area (Å²) in [5.74, 6) is -2.89. The maximum atomic E-state index is 12.3. The molecule has 1 aromatic rings. The average Bonchev–Trinajstić information content (AvgIpc) is 2.29. The van der Waals surface area contributed by atoms with Crippen LogP contribution in [0.2, 0.25) is 0 Å². The Morgan fingerprint density at radius 2 is 2.06 bits per heavy atom. The number of para-hydroxylation sites is 1. The molecule has 0 unspecified atom stereocenters. The van der Waals surface area contributed by atoms with Crippen LogP contribution < -0.4 is 11.1 Å². The molecule has 3 N–H and O–H groups in total. The van der Waals surface area contributed by atoms with Crippen LogP contribution in [0.4, 0.5) is 14.5 Å². The monoisotopic (exact) mass is 296 g/mol. The highest BCUT2D eigenvalue weighted by molar-refractivity contribution is 7.99. The van der Waals surface area contributed by atoms with E-state index in [0.717, 1.165) is 0 Å². The van der Waals surface area contributed by atoms with Crippen molar-refractivity contribution >= 4 is 35.8 Å². The van der Waals surface area contributed by atoms with Crippen molar-refractivity contribution in [1.82, 2.24) is 0 Å². The number of halogens is 3. The molecule has 0 saturated heterocycles. The highest BCUT2D eigenvalue weighted by Gasteiger charge is 2.14. The van der Waals surface area contributed by atoms with Crippen LogP contribution in [0, 0.1) is 0 Å². The summed E-state index contributed by atoms with van der Waals surface area (Å²) in [6.45, 7) is 1.78. The fourth-order valence-electron chi connectivity index (χ4n) is 1.18. The van der Waals surface area contributed by atoms with Gasteiger partial charge in [-0.3, -0.25) is 4.79 Å². The van der Waals surface area contributed by atoms with Crippen LogP contribution in [-0.4, -0.2) is 17.7 Å². The van der Waals surface area contributed by atoms with Crippen molar-refractivity contribution in [2.24, 2.45) is 5.73 Å². The van der Waals surface area contributed by atoms with E-state index in [-0.39, 0.29) is 18.3 Å². The third-order valence-corrected chi connectivity index (χ3v) is 2.93. The maximum absolute atomic E-state index is 12.3. The third kappa shape index (κ3) is 5.20. The molecule has 0 fully saturated rings. The summed E-state index contributed by atoms with van der Waals surface area (Å²) in [6.07, 6.45) is 0.496. The number of amides is 1. The summed E-state index contributed by atoms with van der Waals surface area (Å²) < 4.78 is 24.6. The van der Waals surface area contributed by atoms with Crippen LogP contribution in [0.5, 0.6) is 0 Å². The second kappa shape index (κ2) is 8.29. The van der Waals surface area contributed by atoms with Gasteiger partial charge in [0, 0.05) is 4.90 Å². The number of carbonyl (C=O) groups excluding carboxylic acids is 1. The van der Waals surface area contributed by atoms with Crippen molar-refractivity contribution in [2.45, 2.75) is 30.0 Å². The summed E-state index contributed by atoms with van der Waals surface area (Å²) in [4.78, 5) is 11.9. The van der Waals surface area contributed by atoms with Gasteiger partial charge in [-0.15, -0.1) is 12.4 Å². The van der Waals surface area contributed by atoms with Gasteiger partial charge < -0.3 is 11.1 Å². The fourth-order valence-corrected chi connectivity index (χ4v) is 1.77. The first-order valence-corrected chi connectivity index (χ1v) is 6.02. The standard InChI is InChI=1S/C11H14F2N2OS.ClH/c1-2-7(14)10(16)15-8-5-3-4-6-9(8)17-11(12)13;/h3-7,11H,2,14H2,1H3,(H,15,16);1H/t7-;/m0./s1. The van der Waals surface area contributed by atoms with Gasteiger partial charge in [-0.25, -0.2) is 0 Å². The number of hydrogen-bond donors (Lipinski definition) is 2. The average molecular weight is 297 g/mol. The molecule has 0 aliphatic rings. The van der Waals surface area contributed by atoms with Gasteiger partial charge in [-0.05, 0) is 18.6 Å². The molecule has 0 bridgehead atoms. The first-order valence-electron chi connectivity index (χ1n) is 5.15. The van der Waals surface area contributed by atoms with Gasteiger partial charge >= 0.3 is 0 Å². The van der Waals surface area contributed by atoms with E-state index in [4.69, 9.17) is 5.73 Å². The zero-order valence-electron chi connectivity index (χ0n) is 9.73. The zero-order chi connectivity index (χ0) is 12.8. The lowest BCUT2D eigenvalue weighted by atomic mass is 10.2. The van der Waals surface area contributed by atoms with Crippen molar-refractivity contribution in [1.29, 1.82) is 0 Å². The molecule has 1 rings (SSSR count). The molecule has 0 heterocycles. The van der Waals surface area contributed by atoms with E-state index in [2.05, 4.69) is 5.32 Å². The highest BCUT2D eigenvalue weighted by atomic mass is 35.5. The largest absolute Gasteiger partial charge is 0.324 e. The zero-order valence-corrected chi connectivity index (χ0v) is 11.4. The lowest BCUT2D eigenvalue weighted by molar-refractivity contribution is -0.117. The summed E-state index contributed by atoms with van der Waals surface area (Å²) in [6, 6.07) is 5.79. The van der Waals surface area contributed by atoms with Gasteiger partial charge in [0.25, 0.3) is 5.76 Å². The normalized spacial score (nSPS) is 11.8. The molecule has 0 radical (unpaired) electrons. The van der Waals surface area contributed by atoms with Crippen molar-refractivity contribution in [2.75, 3.05) is 5.32 Å². The van der Waals surface area contributed by atoms with E-state index in [1.807, 2.05) is 0 Å². The number of alkyl halides is 2. The number of nitrogens with two attached hydrogens (primary N) is 1. The third-order valence-electron chi connectivity index (χ3n) is 2.14. The number of hydrogen-bond acceptors (Lipinski definition) is 3. The van der Waals surface area contributed by atoms with Gasteiger partial charge in [0.2, 0.25) is 5.91 Å². The summed E-state index contributed by atoms with van der Waals surface area (Å²) in [5.41, 5.74) is 5.92. The number of thioether (sulfide) groups is 1. The quantitative estimate of drug-likeness (QED) is 0.821. The molecule has 0 spiro atoms. The van der Waals surface area contributed by atoms with E-state index in [0.29, 0.717) is 28.8 Å². The molecule has 7 heteroatoms. The Labute approximate surface area is 115 Å². The van der Waals surface area contributed by atoms with E-state index in [9.17, 15) is 13.6 Å². The van der Waals surface area contributed by atoms with Crippen LogP contribution in [0.1, 0.15) is 13.3 Å². The SMILES string of the molecule is CC[C@H](N)C(=O)Nc1ccccc1SC(F)F.Cl. The van der Waals surface area contributed by atoms with Crippen LogP contribution in [0.15, 0.2) is 29.2 Å². The number of anilines is 1. The molecule has 1 atom stereocenters. The molecule has 0 aliphatic carbocycles. The van der Waals surface area contributed by atoms with Crippen LogP contribution in [-0.2, 0) is 4.79 Å². The van der Waals surface area contributed by atoms with E-state index >= 15 is 0 Å². The molecule has 1 amide bonds. The van der Waals surface area contributed by atoms with Crippen molar-refractivity contribution in [3.8, 4) is 0 Å². The van der Waals surface area contributed by atoms with E-state index in [1.54, 1.807) is 25.1 Å². The Morgan fingerprint density at radius 1 is 1.44 bits per heavy atom. The first kappa shape index (κ1) is 17.2. The topological polar surface area (TPSA) is 55.1 Å². The summed E-state index contributed by atoms with van der Waals surface area (Å²) in [5, 5.41) is 2.55. The maximum Gasteiger partial charge on any atom is 0.288 e. The molecular formula is C11H15ClF2N2OS. The Bertz CT molecular complexity index is 393. The van der Waals surface area contributed by atoms with Crippen molar-refractivity contribution in [3.63, 3.8) is 0 Å². The molecule has 1 aromatic carbocycles. The predicted molar refractivity (Wildman–Crippen MR) is 72.4 cm³/mol.